The number of nitrogens with zero attached hydrogens (tertiary/aromatic N) is 2. The fourth-order valence-electron chi connectivity index (χ4n) is 4.74. The molecule has 0 aromatic heterocycles. The lowest BCUT2D eigenvalue weighted by molar-refractivity contribution is -0.135. The molecule has 3 rings (SSSR count). The van der Waals surface area contributed by atoms with E-state index in [1.165, 1.54) is 12.1 Å². The maximum Gasteiger partial charge on any atom is 0.257 e. The van der Waals surface area contributed by atoms with Crippen LogP contribution in [0, 0.1) is 11.7 Å². The van der Waals surface area contributed by atoms with Crippen LogP contribution >= 0.6 is 0 Å². The average molecular weight is 513 g/mol. The van der Waals surface area contributed by atoms with E-state index in [2.05, 4.69) is 13.8 Å². The van der Waals surface area contributed by atoms with Gasteiger partial charge < -0.3 is 19.3 Å². The van der Waals surface area contributed by atoms with Gasteiger partial charge in [-0.3, -0.25) is 9.59 Å². The Morgan fingerprint density at radius 2 is 1.76 bits per heavy atom. The first kappa shape index (κ1) is 28.5. The third-order valence-corrected chi connectivity index (χ3v) is 6.70. The molecule has 7 heteroatoms. The smallest absolute Gasteiger partial charge is 0.257 e. The Morgan fingerprint density at radius 3 is 2.46 bits per heavy atom. The van der Waals surface area contributed by atoms with E-state index in [0.29, 0.717) is 49.2 Å². The van der Waals surface area contributed by atoms with Crippen LogP contribution in [0.15, 0.2) is 48.5 Å². The first-order chi connectivity index (χ1) is 17.9. The van der Waals surface area contributed by atoms with Crippen LogP contribution in [0.1, 0.15) is 69.7 Å². The molecule has 2 aromatic rings. The second-order valence-corrected chi connectivity index (χ2v) is 10.0. The number of fused-ring (bicyclic) bond motifs is 1. The molecule has 0 radical (unpaired) electrons. The zero-order chi connectivity index (χ0) is 26.6. The van der Waals surface area contributed by atoms with Crippen molar-refractivity contribution in [1.82, 2.24) is 9.80 Å². The van der Waals surface area contributed by atoms with Crippen molar-refractivity contribution < 1.29 is 23.5 Å². The van der Waals surface area contributed by atoms with E-state index in [-0.39, 0.29) is 36.7 Å². The summed E-state index contributed by atoms with van der Waals surface area (Å²) in [7, 11) is 0. The fourth-order valence-corrected chi connectivity index (χ4v) is 4.74. The highest BCUT2D eigenvalue weighted by Crippen LogP contribution is 2.23. The van der Waals surface area contributed by atoms with E-state index < -0.39 is 0 Å². The lowest BCUT2D eigenvalue weighted by atomic mass is 10.0. The number of halogens is 1. The second-order valence-electron chi connectivity index (χ2n) is 10.0. The van der Waals surface area contributed by atoms with Gasteiger partial charge in [-0.05, 0) is 68.5 Å². The van der Waals surface area contributed by atoms with Crippen molar-refractivity contribution in [3.63, 3.8) is 0 Å². The molecule has 0 saturated heterocycles. The number of carbonyl (C=O) groups is 2. The highest BCUT2D eigenvalue weighted by atomic mass is 19.1. The van der Waals surface area contributed by atoms with Crippen molar-refractivity contribution in [2.75, 3.05) is 32.8 Å². The van der Waals surface area contributed by atoms with Crippen molar-refractivity contribution in [3.8, 4) is 11.5 Å². The summed E-state index contributed by atoms with van der Waals surface area (Å²) in [6, 6.07) is 13.1. The molecule has 1 aliphatic rings. The van der Waals surface area contributed by atoms with Gasteiger partial charge in [-0.2, -0.15) is 0 Å². The summed E-state index contributed by atoms with van der Waals surface area (Å²) in [6.45, 7) is 8.86. The van der Waals surface area contributed by atoms with Gasteiger partial charge in [0.2, 0.25) is 5.91 Å². The number of benzene rings is 2. The minimum Gasteiger partial charge on any atom is -0.493 e. The zero-order valence-electron chi connectivity index (χ0n) is 22.5. The first-order valence-electron chi connectivity index (χ1n) is 13.6. The minimum atomic E-state index is -0.323. The Labute approximate surface area is 220 Å². The van der Waals surface area contributed by atoms with E-state index in [1.54, 1.807) is 12.1 Å². The lowest BCUT2D eigenvalue weighted by Gasteiger charge is -2.34. The number of amides is 2. The van der Waals surface area contributed by atoms with Crippen molar-refractivity contribution >= 4 is 11.8 Å². The van der Waals surface area contributed by atoms with Crippen LogP contribution in [0.2, 0.25) is 0 Å². The normalized spacial score (nSPS) is 17.6. The van der Waals surface area contributed by atoms with Crippen LogP contribution in [0.4, 0.5) is 4.39 Å². The zero-order valence-corrected chi connectivity index (χ0v) is 22.5. The summed E-state index contributed by atoms with van der Waals surface area (Å²) in [5.74, 6) is 1.15. The van der Waals surface area contributed by atoms with Crippen LogP contribution < -0.4 is 9.47 Å². The molecule has 0 saturated carbocycles. The molecule has 1 heterocycles. The standard InChI is InChI=1S/C30H41FN2O4/c1-4-32-18-9-5-6-10-19-33(29(34)17-20-36-26-15-13-24(31)14-16-26)25(21-23(2)3)22-37-28-12-8-7-11-27(28)30(32)35/h7-8,11-16,23,25H,4-6,9-10,17-22H2,1-3H3/t25-/m0/s1. The maximum atomic E-state index is 13.4. The Hall–Kier alpha value is -3.09. The number of carbonyl (C=O) groups excluding carboxylic acids is 2. The SMILES string of the molecule is CCN1CCCCCCN(C(=O)CCOc2ccc(F)cc2)[C@@H](CC(C)C)COc2ccccc2C1=O. The number of rotatable bonds is 7. The van der Waals surface area contributed by atoms with E-state index in [1.807, 2.05) is 41.0 Å². The molecule has 37 heavy (non-hydrogen) atoms. The van der Waals surface area contributed by atoms with Gasteiger partial charge in [0.1, 0.15) is 23.9 Å². The van der Waals surface area contributed by atoms with Crippen LogP contribution in [0.3, 0.4) is 0 Å². The quantitative estimate of drug-likeness (QED) is 0.460. The lowest BCUT2D eigenvalue weighted by Crippen LogP contribution is -2.45. The van der Waals surface area contributed by atoms with Gasteiger partial charge in [-0.15, -0.1) is 0 Å². The molecule has 0 spiro atoms. The highest BCUT2D eigenvalue weighted by molar-refractivity contribution is 5.96. The van der Waals surface area contributed by atoms with Crippen molar-refractivity contribution in [2.24, 2.45) is 5.92 Å². The largest absolute Gasteiger partial charge is 0.493 e. The Morgan fingerprint density at radius 1 is 1.05 bits per heavy atom. The number of ether oxygens (including phenoxy) is 2. The molecule has 0 unspecified atom stereocenters. The molecule has 0 fully saturated rings. The van der Waals surface area contributed by atoms with Crippen LogP contribution in [-0.4, -0.2) is 60.5 Å². The van der Waals surface area contributed by atoms with Gasteiger partial charge in [0, 0.05) is 19.6 Å². The van der Waals surface area contributed by atoms with Gasteiger partial charge in [0.05, 0.1) is 24.6 Å². The molecule has 1 atom stereocenters. The molecule has 6 nitrogen and oxygen atoms in total. The average Bonchev–Trinajstić information content (AvgIpc) is 2.89. The molecular formula is C30H41FN2O4. The second kappa shape index (κ2) is 14.6. The maximum absolute atomic E-state index is 13.4. The molecule has 2 amide bonds. The molecule has 202 valence electrons. The van der Waals surface area contributed by atoms with E-state index >= 15 is 0 Å². The first-order valence-corrected chi connectivity index (χ1v) is 13.6. The molecule has 2 aromatic carbocycles. The van der Waals surface area contributed by atoms with Crippen LogP contribution in [0.5, 0.6) is 11.5 Å². The van der Waals surface area contributed by atoms with E-state index in [9.17, 15) is 14.0 Å². The third kappa shape index (κ3) is 8.76. The van der Waals surface area contributed by atoms with Gasteiger partial charge >= 0.3 is 0 Å². The molecule has 0 N–H and O–H groups in total. The predicted molar refractivity (Wildman–Crippen MR) is 143 cm³/mol. The third-order valence-electron chi connectivity index (χ3n) is 6.70. The Balaban J connectivity index is 1.77. The van der Waals surface area contributed by atoms with E-state index in [4.69, 9.17) is 9.47 Å². The monoisotopic (exact) mass is 512 g/mol. The number of hydrogen-bond donors (Lipinski definition) is 0. The van der Waals surface area contributed by atoms with Gasteiger partial charge in [0.15, 0.2) is 0 Å². The summed E-state index contributed by atoms with van der Waals surface area (Å²) >= 11 is 0. The number of hydrogen-bond acceptors (Lipinski definition) is 4. The van der Waals surface area contributed by atoms with Crippen LogP contribution in [-0.2, 0) is 4.79 Å². The summed E-state index contributed by atoms with van der Waals surface area (Å²) < 4.78 is 25.1. The summed E-state index contributed by atoms with van der Waals surface area (Å²) in [4.78, 5) is 30.5. The molecule has 0 aliphatic carbocycles. The number of para-hydroxylation sites is 1. The molecular weight excluding hydrogens is 471 g/mol. The predicted octanol–water partition coefficient (Wildman–Crippen LogP) is 5.95. The van der Waals surface area contributed by atoms with Crippen LogP contribution in [0.25, 0.3) is 0 Å². The van der Waals surface area contributed by atoms with Gasteiger partial charge in [0.25, 0.3) is 5.91 Å². The topological polar surface area (TPSA) is 59.1 Å². The Bertz CT molecular complexity index is 995. The summed E-state index contributed by atoms with van der Waals surface area (Å²) in [5, 5.41) is 0. The highest BCUT2D eigenvalue weighted by Gasteiger charge is 2.26. The Kier molecular flexibility index (Phi) is 11.2. The van der Waals surface area contributed by atoms with Crippen molar-refractivity contribution in [2.45, 2.75) is 65.3 Å². The van der Waals surface area contributed by atoms with E-state index in [0.717, 1.165) is 32.1 Å². The minimum absolute atomic E-state index is 0.0126. The van der Waals surface area contributed by atoms with Gasteiger partial charge in [-0.1, -0.05) is 38.8 Å². The van der Waals surface area contributed by atoms with Crippen molar-refractivity contribution in [1.29, 1.82) is 0 Å². The molecule has 0 bridgehead atoms. The van der Waals surface area contributed by atoms with Crippen molar-refractivity contribution in [3.05, 3.63) is 59.9 Å². The molecule has 1 aliphatic heterocycles. The summed E-state index contributed by atoms with van der Waals surface area (Å²) in [6.07, 6.45) is 4.85. The van der Waals surface area contributed by atoms with Gasteiger partial charge in [-0.25, -0.2) is 4.39 Å². The fraction of sp³-hybridized carbons (Fsp3) is 0.533. The summed E-state index contributed by atoms with van der Waals surface area (Å²) in [5.41, 5.74) is 0.565.